The molecule has 0 aromatic carbocycles. The van der Waals surface area contributed by atoms with Crippen LogP contribution in [0.25, 0.3) is 0 Å². The molecular weight excluding hydrogens is 190 g/mol. The Morgan fingerprint density at radius 1 is 1.54 bits per heavy atom. The van der Waals surface area contributed by atoms with Gasteiger partial charge in [-0.3, -0.25) is 0 Å². The monoisotopic (exact) mass is 207 g/mol. The summed E-state index contributed by atoms with van der Waals surface area (Å²) in [6.45, 7) is 5.28. The lowest BCUT2D eigenvalue weighted by atomic mass is 10.0. The zero-order valence-electron chi connectivity index (χ0n) is 8.12. The molecule has 13 heavy (non-hydrogen) atoms. The van der Waals surface area contributed by atoms with Gasteiger partial charge in [-0.05, 0) is 12.3 Å². The smallest absolute Gasteiger partial charge is 0.214 e. The van der Waals surface area contributed by atoms with E-state index in [1.165, 1.54) is 0 Å². The normalized spacial score (nSPS) is 30.3. The Morgan fingerprint density at radius 3 is 2.77 bits per heavy atom. The third-order valence-electron chi connectivity index (χ3n) is 2.31. The van der Waals surface area contributed by atoms with Crippen molar-refractivity contribution in [2.45, 2.75) is 25.5 Å². The van der Waals surface area contributed by atoms with Crippen molar-refractivity contribution in [1.82, 2.24) is 4.72 Å². The molecule has 5 heteroatoms. The SMILES string of the molecule is CCNS(=O)(=O)C1CCOCC1C. The number of ether oxygens (including phenoxy) is 1. The zero-order valence-corrected chi connectivity index (χ0v) is 8.93. The maximum Gasteiger partial charge on any atom is 0.214 e. The van der Waals surface area contributed by atoms with Crippen molar-refractivity contribution < 1.29 is 13.2 Å². The van der Waals surface area contributed by atoms with Gasteiger partial charge in [0.15, 0.2) is 0 Å². The quantitative estimate of drug-likeness (QED) is 0.726. The fraction of sp³-hybridized carbons (Fsp3) is 1.00. The summed E-state index contributed by atoms with van der Waals surface area (Å²) in [5.74, 6) is 0.0952. The van der Waals surface area contributed by atoms with E-state index in [1.54, 1.807) is 6.92 Å². The predicted octanol–water partition coefficient (Wildman–Crippen LogP) is 0.351. The van der Waals surface area contributed by atoms with E-state index in [1.807, 2.05) is 6.92 Å². The Morgan fingerprint density at radius 2 is 2.23 bits per heavy atom. The molecule has 0 radical (unpaired) electrons. The number of nitrogens with one attached hydrogen (secondary N) is 1. The molecule has 0 aliphatic carbocycles. The van der Waals surface area contributed by atoms with Crippen LogP contribution in [0.3, 0.4) is 0 Å². The Kier molecular flexibility index (Phi) is 3.70. The van der Waals surface area contributed by atoms with E-state index in [0.717, 1.165) is 0 Å². The molecule has 0 aromatic heterocycles. The summed E-state index contributed by atoms with van der Waals surface area (Å²) in [7, 11) is -3.11. The van der Waals surface area contributed by atoms with Crippen LogP contribution in [0, 0.1) is 5.92 Å². The van der Waals surface area contributed by atoms with Crippen LogP contribution in [-0.4, -0.2) is 33.4 Å². The Labute approximate surface area is 79.7 Å². The van der Waals surface area contributed by atoms with Crippen LogP contribution in [0.5, 0.6) is 0 Å². The lowest BCUT2D eigenvalue weighted by Gasteiger charge is -2.28. The fourth-order valence-electron chi connectivity index (χ4n) is 1.63. The Balaban J connectivity index is 2.68. The van der Waals surface area contributed by atoms with E-state index in [9.17, 15) is 8.42 Å². The van der Waals surface area contributed by atoms with Gasteiger partial charge in [0, 0.05) is 13.2 Å². The molecular formula is C8H17NO3S. The van der Waals surface area contributed by atoms with E-state index >= 15 is 0 Å². The summed E-state index contributed by atoms with van der Waals surface area (Å²) >= 11 is 0. The largest absolute Gasteiger partial charge is 0.381 e. The van der Waals surface area contributed by atoms with Gasteiger partial charge < -0.3 is 4.74 Å². The van der Waals surface area contributed by atoms with E-state index < -0.39 is 10.0 Å². The maximum absolute atomic E-state index is 11.6. The number of sulfonamides is 1. The molecule has 0 amide bonds. The first-order chi connectivity index (χ1) is 6.08. The van der Waals surface area contributed by atoms with Crippen LogP contribution in [0.2, 0.25) is 0 Å². The fourth-order valence-corrected chi connectivity index (χ4v) is 3.34. The van der Waals surface area contributed by atoms with Gasteiger partial charge in [-0.2, -0.15) is 0 Å². The van der Waals surface area contributed by atoms with Gasteiger partial charge in [0.1, 0.15) is 0 Å². The van der Waals surface area contributed by atoms with Crippen LogP contribution in [-0.2, 0) is 14.8 Å². The van der Waals surface area contributed by atoms with Crippen molar-refractivity contribution in [1.29, 1.82) is 0 Å². The van der Waals surface area contributed by atoms with Crippen LogP contribution in [0.4, 0.5) is 0 Å². The minimum atomic E-state index is -3.11. The van der Waals surface area contributed by atoms with Crippen LogP contribution < -0.4 is 4.72 Å². The molecule has 2 unspecified atom stereocenters. The molecule has 2 atom stereocenters. The molecule has 0 saturated carbocycles. The van der Waals surface area contributed by atoms with Gasteiger partial charge >= 0.3 is 0 Å². The second kappa shape index (κ2) is 4.39. The van der Waals surface area contributed by atoms with Gasteiger partial charge in [-0.15, -0.1) is 0 Å². The summed E-state index contributed by atoms with van der Waals surface area (Å²) in [6.07, 6.45) is 0.608. The highest BCUT2D eigenvalue weighted by Gasteiger charge is 2.32. The summed E-state index contributed by atoms with van der Waals surface area (Å²) in [5.41, 5.74) is 0. The van der Waals surface area contributed by atoms with Gasteiger partial charge in [0.2, 0.25) is 10.0 Å². The van der Waals surface area contributed by atoms with Crippen molar-refractivity contribution in [2.24, 2.45) is 5.92 Å². The molecule has 1 saturated heterocycles. The van der Waals surface area contributed by atoms with E-state index in [0.29, 0.717) is 26.2 Å². The highest BCUT2D eigenvalue weighted by molar-refractivity contribution is 7.90. The maximum atomic E-state index is 11.6. The summed E-state index contributed by atoms with van der Waals surface area (Å²) in [6, 6.07) is 0. The first kappa shape index (κ1) is 10.9. The molecule has 78 valence electrons. The van der Waals surface area contributed by atoms with Crippen LogP contribution >= 0.6 is 0 Å². The van der Waals surface area contributed by atoms with Crippen molar-refractivity contribution in [3.63, 3.8) is 0 Å². The minimum absolute atomic E-state index is 0.0952. The molecule has 0 aromatic rings. The van der Waals surface area contributed by atoms with Crippen molar-refractivity contribution >= 4 is 10.0 Å². The molecule has 1 N–H and O–H groups in total. The van der Waals surface area contributed by atoms with Crippen molar-refractivity contribution in [2.75, 3.05) is 19.8 Å². The second-order valence-electron chi connectivity index (χ2n) is 3.42. The topological polar surface area (TPSA) is 55.4 Å². The van der Waals surface area contributed by atoms with Gasteiger partial charge in [-0.1, -0.05) is 13.8 Å². The van der Waals surface area contributed by atoms with Crippen LogP contribution in [0.15, 0.2) is 0 Å². The number of hydrogen-bond donors (Lipinski definition) is 1. The third kappa shape index (κ3) is 2.65. The van der Waals surface area contributed by atoms with E-state index in [2.05, 4.69) is 4.72 Å². The molecule has 1 heterocycles. The van der Waals surface area contributed by atoms with Crippen molar-refractivity contribution in [3.8, 4) is 0 Å². The second-order valence-corrected chi connectivity index (χ2v) is 5.41. The summed E-state index contributed by atoms with van der Waals surface area (Å²) in [4.78, 5) is 0. The first-order valence-corrected chi connectivity index (χ1v) is 6.18. The average Bonchev–Trinajstić information content (AvgIpc) is 2.04. The molecule has 4 nitrogen and oxygen atoms in total. The summed E-state index contributed by atoms with van der Waals surface area (Å²) < 4.78 is 31.0. The molecule has 1 aliphatic rings. The van der Waals surface area contributed by atoms with Gasteiger partial charge in [0.05, 0.1) is 11.9 Å². The standard InChI is InChI=1S/C8H17NO3S/c1-3-9-13(10,11)8-4-5-12-6-7(8)2/h7-9H,3-6H2,1-2H3. The highest BCUT2D eigenvalue weighted by Crippen LogP contribution is 2.20. The molecule has 0 spiro atoms. The highest BCUT2D eigenvalue weighted by atomic mass is 32.2. The van der Waals surface area contributed by atoms with Crippen LogP contribution in [0.1, 0.15) is 20.3 Å². The van der Waals surface area contributed by atoms with E-state index in [-0.39, 0.29) is 11.2 Å². The first-order valence-electron chi connectivity index (χ1n) is 4.64. The third-order valence-corrected chi connectivity index (χ3v) is 4.49. The average molecular weight is 207 g/mol. The Hall–Kier alpha value is -0.130. The zero-order chi connectivity index (χ0) is 9.90. The van der Waals surface area contributed by atoms with Gasteiger partial charge in [0.25, 0.3) is 0 Å². The molecule has 1 aliphatic heterocycles. The number of rotatable bonds is 3. The summed E-state index contributed by atoms with van der Waals surface area (Å²) in [5, 5.41) is -0.277. The lowest BCUT2D eigenvalue weighted by molar-refractivity contribution is 0.0635. The van der Waals surface area contributed by atoms with Crippen molar-refractivity contribution in [3.05, 3.63) is 0 Å². The lowest BCUT2D eigenvalue weighted by Crippen LogP contribution is -2.42. The minimum Gasteiger partial charge on any atom is -0.381 e. The number of hydrogen-bond acceptors (Lipinski definition) is 3. The molecule has 0 bridgehead atoms. The molecule has 1 fully saturated rings. The predicted molar refractivity (Wildman–Crippen MR) is 51.0 cm³/mol. The molecule has 1 rings (SSSR count). The van der Waals surface area contributed by atoms with E-state index in [4.69, 9.17) is 4.74 Å². The Bertz CT molecular complexity index is 250. The van der Waals surface area contributed by atoms with Gasteiger partial charge in [-0.25, -0.2) is 13.1 Å².